The lowest BCUT2D eigenvalue weighted by Crippen LogP contribution is -2.38. The molecule has 0 spiro atoms. The van der Waals surface area contributed by atoms with Gasteiger partial charge in [-0.1, -0.05) is 0 Å². The third-order valence-corrected chi connectivity index (χ3v) is 3.60. The van der Waals surface area contributed by atoms with Crippen LogP contribution >= 0.6 is 0 Å². The molecule has 0 amide bonds. The summed E-state index contributed by atoms with van der Waals surface area (Å²) in [7, 11) is 1.64. The minimum atomic E-state index is -0.778. The zero-order valence-electron chi connectivity index (χ0n) is 11.6. The fraction of sp³-hybridized carbons (Fsp3) is 0.571. The van der Waals surface area contributed by atoms with Crippen LogP contribution in [0.3, 0.4) is 0 Å². The predicted molar refractivity (Wildman–Crippen MR) is 71.3 cm³/mol. The van der Waals surface area contributed by atoms with E-state index >= 15 is 0 Å². The topological polar surface area (TPSA) is 71.5 Å². The Morgan fingerprint density at radius 2 is 2.26 bits per heavy atom. The molecular formula is C14H20N2O3. The van der Waals surface area contributed by atoms with Crippen LogP contribution in [0, 0.1) is 19.8 Å². The largest absolute Gasteiger partial charge is 0.496 e. The van der Waals surface area contributed by atoms with Gasteiger partial charge in [-0.05, 0) is 32.6 Å². The summed E-state index contributed by atoms with van der Waals surface area (Å²) in [5.41, 5.74) is 2.80. The number of aryl methyl sites for hydroxylation is 1. The van der Waals surface area contributed by atoms with Gasteiger partial charge in [0, 0.05) is 23.9 Å². The number of aliphatic carboxylic acids is 1. The van der Waals surface area contributed by atoms with E-state index in [2.05, 4.69) is 10.3 Å². The first-order chi connectivity index (χ1) is 9.04. The van der Waals surface area contributed by atoms with Crippen LogP contribution in [0.5, 0.6) is 5.75 Å². The molecule has 1 aliphatic carbocycles. The maximum absolute atomic E-state index is 11.2. The molecule has 2 rings (SSSR count). The Bertz CT molecular complexity index is 484. The van der Waals surface area contributed by atoms with Crippen molar-refractivity contribution in [2.24, 2.45) is 5.92 Å². The van der Waals surface area contributed by atoms with Gasteiger partial charge in [-0.25, -0.2) is 0 Å². The molecule has 1 unspecified atom stereocenters. The number of hydrogen-bond donors (Lipinski definition) is 2. The molecule has 104 valence electrons. The number of hydrogen-bond acceptors (Lipinski definition) is 4. The van der Waals surface area contributed by atoms with E-state index in [9.17, 15) is 4.79 Å². The van der Waals surface area contributed by atoms with Crippen molar-refractivity contribution in [2.75, 3.05) is 7.11 Å². The Labute approximate surface area is 113 Å². The molecule has 1 saturated carbocycles. The number of ether oxygens (including phenoxy) is 1. The summed E-state index contributed by atoms with van der Waals surface area (Å²) in [5.74, 6) is 0.314. The van der Waals surface area contributed by atoms with Crippen molar-refractivity contribution in [3.8, 4) is 5.75 Å². The molecule has 1 aromatic heterocycles. The predicted octanol–water partition coefficient (Wildman–Crippen LogP) is 1.66. The smallest absolute Gasteiger partial charge is 0.320 e. The molecule has 1 aliphatic rings. The molecule has 1 aromatic rings. The van der Waals surface area contributed by atoms with Gasteiger partial charge in [0.25, 0.3) is 0 Å². The summed E-state index contributed by atoms with van der Waals surface area (Å²) >= 11 is 0. The molecule has 2 N–H and O–H groups in total. The quantitative estimate of drug-likeness (QED) is 0.817. The summed E-state index contributed by atoms with van der Waals surface area (Å²) in [6.45, 7) is 4.35. The number of rotatable bonds is 6. The number of nitrogens with one attached hydrogen (secondary N) is 1. The van der Waals surface area contributed by atoms with Crippen LogP contribution < -0.4 is 10.1 Å². The van der Waals surface area contributed by atoms with Crippen LogP contribution in [0.2, 0.25) is 0 Å². The molecule has 1 atom stereocenters. The highest BCUT2D eigenvalue weighted by Crippen LogP contribution is 2.33. The van der Waals surface area contributed by atoms with E-state index in [1.165, 1.54) is 0 Å². The summed E-state index contributed by atoms with van der Waals surface area (Å²) < 4.78 is 5.35. The summed E-state index contributed by atoms with van der Waals surface area (Å²) in [4.78, 5) is 15.5. The highest BCUT2D eigenvalue weighted by atomic mass is 16.5. The first kappa shape index (κ1) is 13.8. The summed E-state index contributed by atoms with van der Waals surface area (Å²) in [6, 6.07) is -0.464. The molecule has 19 heavy (non-hydrogen) atoms. The second-order valence-corrected chi connectivity index (χ2v) is 5.08. The number of aromatic nitrogens is 1. The minimum absolute atomic E-state index is 0.269. The van der Waals surface area contributed by atoms with Gasteiger partial charge in [-0.2, -0.15) is 0 Å². The van der Waals surface area contributed by atoms with E-state index in [0.717, 1.165) is 35.4 Å². The SMILES string of the molecule is COc1c(C)cnc(CNC(C(=O)O)C2CC2)c1C. The van der Waals surface area contributed by atoms with Crippen LogP contribution in [0.15, 0.2) is 6.20 Å². The lowest BCUT2D eigenvalue weighted by Gasteiger charge is -2.16. The molecule has 0 aliphatic heterocycles. The average molecular weight is 264 g/mol. The van der Waals surface area contributed by atoms with Crippen molar-refractivity contribution in [1.82, 2.24) is 10.3 Å². The average Bonchev–Trinajstić information content (AvgIpc) is 3.17. The van der Waals surface area contributed by atoms with Gasteiger partial charge >= 0.3 is 5.97 Å². The first-order valence-electron chi connectivity index (χ1n) is 6.49. The third-order valence-electron chi connectivity index (χ3n) is 3.60. The van der Waals surface area contributed by atoms with Gasteiger partial charge in [0.05, 0.1) is 12.8 Å². The Balaban J connectivity index is 2.08. The van der Waals surface area contributed by atoms with E-state index in [0.29, 0.717) is 6.54 Å². The van der Waals surface area contributed by atoms with E-state index in [1.54, 1.807) is 13.3 Å². The highest BCUT2D eigenvalue weighted by molar-refractivity contribution is 5.74. The number of carboxylic acid groups (broad SMARTS) is 1. The van der Waals surface area contributed by atoms with Crippen molar-refractivity contribution in [2.45, 2.75) is 39.3 Å². The van der Waals surface area contributed by atoms with Crippen LogP contribution in [0.4, 0.5) is 0 Å². The van der Waals surface area contributed by atoms with Crippen molar-refractivity contribution in [3.63, 3.8) is 0 Å². The number of pyridine rings is 1. The second-order valence-electron chi connectivity index (χ2n) is 5.08. The summed E-state index contributed by atoms with van der Waals surface area (Å²) in [5, 5.41) is 12.3. The van der Waals surface area contributed by atoms with Crippen LogP contribution in [-0.4, -0.2) is 29.2 Å². The molecule has 1 fully saturated rings. The zero-order valence-corrected chi connectivity index (χ0v) is 11.6. The standard InChI is InChI=1S/C14H20N2O3/c1-8-6-15-11(9(2)13(8)19-3)7-16-12(14(17)18)10-4-5-10/h6,10,12,16H,4-5,7H2,1-3H3,(H,17,18). The molecule has 0 aromatic carbocycles. The van der Waals surface area contributed by atoms with E-state index in [-0.39, 0.29) is 5.92 Å². The van der Waals surface area contributed by atoms with E-state index < -0.39 is 12.0 Å². The van der Waals surface area contributed by atoms with Crippen LogP contribution in [0.1, 0.15) is 29.7 Å². The monoisotopic (exact) mass is 264 g/mol. The maximum atomic E-state index is 11.2. The van der Waals surface area contributed by atoms with Gasteiger partial charge in [0.1, 0.15) is 11.8 Å². The summed E-state index contributed by atoms with van der Waals surface area (Å²) in [6.07, 6.45) is 3.75. The maximum Gasteiger partial charge on any atom is 0.320 e. The number of nitrogens with zero attached hydrogens (tertiary/aromatic N) is 1. The Hall–Kier alpha value is -1.62. The van der Waals surface area contributed by atoms with Gasteiger partial charge in [0.15, 0.2) is 0 Å². The Morgan fingerprint density at radius 1 is 1.58 bits per heavy atom. The molecule has 1 heterocycles. The Kier molecular flexibility index (Phi) is 4.04. The number of carboxylic acids is 1. The number of carbonyl (C=O) groups is 1. The molecule has 0 radical (unpaired) electrons. The minimum Gasteiger partial charge on any atom is -0.496 e. The molecular weight excluding hydrogens is 244 g/mol. The van der Waals surface area contributed by atoms with Crippen molar-refractivity contribution in [3.05, 3.63) is 23.0 Å². The fourth-order valence-corrected chi connectivity index (χ4v) is 2.34. The molecule has 0 bridgehead atoms. The second kappa shape index (κ2) is 5.57. The van der Waals surface area contributed by atoms with Gasteiger partial charge in [-0.15, -0.1) is 0 Å². The number of methoxy groups -OCH3 is 1. The van der Waals surface area contributed by atoms with Gasteiger partial charge < -0.3 is 9.84 Å². The van der Waals surface area contributed by atoms with E-state index in [4.69, 9.17) is 9.84 Å². The molecule has 0 saturated heterocycles. The lowest BCUT2D eigenvalue weighted by molar-refractivity contribution is -0.140. The van der Waals surface area contributed by atoms with Crippen molar-refractivity contribution < 1.29 is 14.6 Å². The van der Waals surface area contributed by atoms with Crippen LogP contribution in [0.25, 0.3) is 0 Å². The van der Waals surface area contributed by atoms with Crippen molar-refractivity contribution in [1.29, 1.82) is 0 Å². The molecule has 5 heteroatoms. The van der Waals surface area contributed by atoms with Crippen molar-refractivity contribution >= 4 is 5.97 Å². The lowest BCUT2D eigenvalue weighted by atomic mass is 10.1. The van der Waals surface area contributed by atoms with E-state index in [1.807, 2.05) is 13.8 Å². The Morgan fingerprint density at radius 3 is 2.79 bits per heavy atom. The van der Waals surface area contributed by atoms with Crippen LogP contribution in [-0.2, 0) is 11.3 Å². The normalized spacial score (nSPS) is 16.2. The zero-order chi connectivity index (χ0) is 14.0. The molecule has 5 nitrogen and oxygen atoms in total. The third kappa shape index (κ3) is 3.04. The fourth-order valence-electron chi connectivity index (χ4n) is 2.34. The first-order valence-corrected chi connectivity index (χ1v) is 6.49. The van der Waals surface area contributed by atoms with Gasteiger partial charge in [0.2, 0.25) is 0 Å². The van der Waals surface area contributed by atoms with Gasteiger partial charge in [-0.3, -0.25) is 15.1 Å². The highest BCUT2D eigenvalue weighted by Gasteiger charge is 2.35.